The molecule has 0 atom stereocenters. The van der Waals surface area contributed by atoms with E-state index in [-0.39, 0.29) is 0 Å². The third kappa shape index (κ3) is 3.51. The number of fused-ring (bicyclic) bond motifs is 4. The Bertz CT molecular complexity index is 1910. The smallest absolute Gasteiger partial charge is 0.167 e. The minimum atomic E-state index is 0.565. The van der Waals surface area contributed by atoms with Crippen LogP contribution in [0.3, 0.4) is 0 Å². The summed E-state index contributed by atoms with van der Waals surface area (Å²) >= 11 is 6.26. The van der Waals surface area contributed by atoms with Gasteiger partial charge >= 0.3 is 0 Å². The Hall–Kier alpha value is -4.54. The van der Waals surface area contributed by atoms with Crippen molar-refractivity contribution in [3.63, 3.8) is 0 Å². The maximum Gasteiger partial charge on any atom is 0.167 e. The van der Waals surface area contributed by atoms with E-state index in [2.05, 4.69) is 24.3 Å². The van der Waals surface area contributed by atoms with Crippen LogP contribution in [-0.4, -0.2) is 15.0 Å². The van der Waals surface area contributed by atoms with Crippen molar-refractivity contribution in [3.05, 3.63) is 114 Å². The Kier molecular flexibility index (Phi) is 4.79. The molecule has 0 N–H and O–H groups in total. The van der Waals surface area contributed by atoms with Gasteiger partial charge in [0.25, 0.3) is 0 Å². The van der Waals surface area contributed by atoms with E-state index >= 15 is 0 Å². The van der Waals surface area contributed by atoms with E-state index < -0.39 is 0 Å². The molecule has 0 amide bonds. The first-order chi connectivity index (χ1) is 17.7. The van der Waals surface area contributed by atoms with E-state index in [9.17, 15) is 0 Å². The van der Waals surface area contributed by atoms with Crippen LogP contribution in [0, 0.1) is 0 Å². The van der Waals surface area contributed by atoms with Gasteiger partial charge in [0.05, 0.1) is 5.56 Å². The number of aromatic nitrogens is 3. The summed E-state index contributed by atoms with van der Waals surface area (Å²) in [5.41, 5.74) is 4.24. The van der Waals surface area contributed by atoms with Crippen LogP contribution >= 0.6 is 11.6 Å². The molecule has 0 spiro atoms. The summed E-state index contributed by atoms with van der Waals surface area (Å²) in [5, 5.41) is 4.93. The third-order valence-corrected chi connectivity index (χ3v) is 6.61. The van der Waals surface area contributed by atoms with Crippen molar-refractivity contribution in [2.45, 2.75) is 0 Å². The zero-order chi connectivity index (χ0) is 24.1. The van der Waals surface area contributed by atoms with E-state index in [1.807, 2.05) is 84.9 Å². The molecule has 170 valence electrons. The van der Waals surface area contributed by atoms with Gasteiger partial charge in [-0.25, -0.2) is 15.0 Å². The normalized spacial score (nSPS) is 11.5. The Morgan fingerprint density at radius 1 is 0.528 bits per heavy atom. The van der Waals surface area contributed by atoms with Gasteiger partial charge in [-0.15, -0.1) is 0 Å². The van der Waals surface area contributed by atoms with Crippen LogP contribution < -0.4 is 0 Å². The molecule has 0 unspecified atom stereocenters. The number of benzene rings is 5. The van der Waals surface area contributed by atoms with Crippen LogP contribution in [0.1, 0.15) is 0 Å². The van der Waals surface area contributed by atoms with E-state index in [0.29, 0.717) is 22.5 Å². The van der Waals surface area contributed by atoms with Gasteiger partial charge < -0.3 is 4.42 Å². The average Bonchev–Trinajstić information content (AvgIpc) is 3.32. The zero-order valence-electron chi connectivity index (χ0n) is 19.0. The van der Waals surface area contributed by atoms with E-state index in [4.69, 9.17) is 31.0 Å². The molecule has 0 aliphatic heterocycles. The summed E-state index contributed by atoms with van der Waals surface area (Å²) in [6, 6.07) is 36.1. The predicted octanol–water partition coefficient (Wildman–Crippen LogP) is 8.58. The Balaban J connectivity index is 1.49. The molecule has 5 heteroatoms. The lowest BCUT2D eigenvalue weighted by Gasteiger charge is -2.09. The summed E-state index contributed by atoms with van der Waals surface area (Å²) in [5.74, 6) is 1.76. The Morgan fingerprint density at radius 2 is 1.25 bits per heavy atom. The van der Waals surface area contributed by atoms with Crippen molar-refractivity contribution in [1.29, 1.82) is 0 Å². The highest BCUT2D eigenvalue weighted by Crippen LogP contribution is 2.35. The lowest BCUT2D eigenvalue weighted by atomic mass is 10.1. The van der Waals surface area contributed by atoms with Crippen LogP contribution in [0.15, 0.2) is 114 Å². The Labute approximate surface area is 211 Å². The molecule has 36 heavy (non-hydrogen) atoms. The fraction of sp³-hybridized carbons (Fsp3) is 0. The summed E-state index contributed by atoms with van der Waals surface area (Å²) in [6.45, 7) is 0. The molecule has 0 radical (unpaired) electrons. The van der Waals surface area contributed by atoms with Gasteiger partial charge in [0, 0.05) is 26.9 Å². The summed E-state index contributed by atoms with van der Waals surface area (Å²) in [4.78, 5) is 14.7. The first-order valence-electron chi connectivity index (χ1n) is 11.6. The second-order valence-electron chi connectivity index (χ2n) is 8.66. The lowest BCUT2D eigenvalue weighted by molar-refractivity contribution is 0.669. The molecule has 4 nitrogen and oxygen atoms in total. The molecule has 5 aromatic carbocycles. The standard InChI is InChI=1S/C31H18ClN3O/c32-23-16-15-19-13-14-21(17-22(19)18-23)30-33-29(20-7-2-1-3-8-20)34-31(35-30)26-11-6-10-25-24-9-4-5-12-27(24)36-28(25)26/h1-18H. The number of halogens is 1. The van der Waals surface area contributed by atoms with Crippen LogP contribution in [0.25, 0.3) is 66.9 Å². The van der Waals surface area contributed by atoms with Gasteiger partial charge in [0.15, 0.2) is 17.5 Å². The van der Waals surface area contributed by atoms with E-state index in [0.717, 1.165) is 49.4 Å². The zero-order valence-corrected chi connectivity index (χ0v) is 19.8. The number of hydrogen-bond acceptors (Lipinski definition) is 4. The van der Waals surface area contributed by atoms with Crippen molar-refractivity contribution in [1.82, 2.24) is 15.0 Å². The van der Waals surface area contributed by atoms with Crippen molar-refractivity contribution in [2.75, 3.05) is 0 Å². The van der Waals surface area contributed by atoms with Crippen LogP contribution in [0.2, 0.25) is 5.02 Å². The number of nitrogens with zero attached hydrogens (tertiary/aromatic N) is 3. The highest BCUT2D eigenvalue weighted by molar-refractivity contribution is 6.31. The molecule has 0 saturated heterocycles. The van der Waals surface area contributed by atoms with Gasteiger partial charge in [0.1, 0.15) is 11.2 Å². The fourth-order valence-electron chi connectivity index (χ4n) is 4.62. The molecular weight excluding hydrogens is 466 g/mol. The number of furan rings is 1. The first kappa shape index (κ1) is 20.8. The number of para-hydroxylation sites is 2. The average molecular weight is 484 g/mol. The molecule has 7 rings (SSSR count). The van der Waals surface area contributed by atoms with Crippen molar-refractivity contribution in [2.24, 2.45) is 0 Å². The van der Waals surface area contributed by atoms with E-state index in [1.54, 1.807) is 0 Å². The third-order valence-electron chi connectivity index (χ3n) is 6.37. The quantitative estimate of drug-likeness (QED) is 0.252. The van der Waals surface area contributed by atoms with Crippen LogP contribution in [-0.2, 0) is 0 Å². The molecule has 2 heterocycles. The minimum absolute atomic E-state index is 0.565. The SMILES string of the molecule is Clc1ccc2ccc(-c3nc(-c4ccccc4)nc(-c4cccc5c4oc4ccccc45)n3)cc2c1. The monoisotopic (exact) mass is 483 g/mol. The van der Waals surface area contributed by atoms with Gasteiger partial charge in [-0.1, -0.05) is 90.5 Å². The fourth-order valence-corrected chi connectivity index (χ4v) is 4.80. The predicted molar refractivity (Wildman–Crippen MR) is 146 cm³/mol. The largest absolute Gasteiger partial charge is 0.455 e. The van der Waals surface area contributed by atoms with Gasteiger partial charge in [-0.05, 0) is 41.1 Å². The van der Waals surface area contributed by atoms with Gasteiger partial charge in [0.2, 0.25) is 0 Å². The lowest BCUT2D eigenvalue weighted by Crippen LogP contribution is -2.00. The van der Waals surface area contributed by atoms with E-state index in [1.165, 1.54) is 0 Å². The maximum atomic E-state index is 6.28. The van der Waals surface area contributed by atoms with Crippen molar-refractivity contribution in [3.8, 4) is 34.2 Å². The maximum absolute atomic E-state index is 6.28. The summed E-state index contributed by atoms with van der Waals surface area (Å²) in [6.07, 6.45) is 0. The van der Waals surface area contributed by atoms with Gasteiger partial charge in [-0.2, -0.15) is 0 Å². The highest BCUT2D eigenvalue weighted by atomic mass is 35.5. The number of hydrogen-bond donors (Lipinski definition) is 0. The van der Waals surface area contributed by atoms with Crippen LogP contribution in [0.5, 0.6) is 0 Å². The second kappa shape index (κ2) is 8.29. The Morgan fingerprint density at radius 3 is 2.14 bits per heavy atom. The molecule has 0 aliphatic carbocycles. The highest BCUT2D eigenvalue weighted by Gasteiger charge is 2.17. The first-order valence-corrected chi connectivity index (χ1v) is 12.0. The van der Waals surface area contributed by atoms with Crippen LogP contribution in [0.4, 0.5) is 0 Å². The molecule has 7 aromatic rings. The van der Waals surface area contributed by atoms with Crippen molar-refractivity contribution < 1.29 is 4.42 Å². The summed E-state index contributed by atoms with van der Waals surface area (Å²) in [7, 11) is 0. The number of rotatable bonds is 3. The van der Waals surface area contributed by atoms with Gasteiger partial charge in [-0.3, -0.25) is 0 Å². The molecule has 0 saturated carbocycles. The topological polar surface area (TPSA) is 51.8 Å². The molecule has 0 bridgehead atoms. The molecule has 0 fully saturated rings. The molecular formula is C31H18ClN3O. The minimum Gasteiger partial charge on any atom is -0.455 e. The summed E-state index contributed by atoms with van der Waals surface area (Å²) < 4.78 is 6.28. The molecule has 2 aromatic heterocycles. The van der Waals surface area contributed by atoms with Crippen molar-refractivity contribution >= 4 is 44.3 Å². The second-order valence-corrected chi connectivity index (χ2v) is 9.10. The molecule has 0 aliphatic rings.